The van der Waals surface area contributed by atoms with Gasteiger partial charge in [-0.3, -0.25) is 9.59 Å². The first-order chi connectivity index (χ1) is 8.49. The fourth-order valence-electron chi connectivity index (χ4n) is 1.43. The van der Waals surface area contributed by atoms with E-state index in [-0.39, 0.29) is 30.8 Å². The van der Waals surface area contributed by atoms with Gasteiger partial charge in [-0.05, 0) is 25.5 Å². The van der Waals surface area contributed by atoms with Gasteiger partial charge in [-0.1, -0.05) is 29.8 Å². The fourth-order valence-corrected chi connectivity index (χ4v) is 1.63. The van der Waals surface area contributed by atoms with Crippen LogP contribution in [0.4, 0.5) is 0 Å². The highest BCUT2D eigenvalue weighted by Gasteiger charge is 2.08. The van der Waals surface area contributed by atoms with Crippen molar-refractivity contribution < 1.29 is 9.59 Å². The molecule has 0 saturated carbocycles. The molecule has 0 saturated heterocycles. The molecule has 98 valence electrons. The van der Waals surface area contributed by atoms with E-state index in [9.17, 15) is 9.59 Å². The fraction of sp³-hybridized carbons (Fsp3) is 0.385. The summed E-state index contributed by atoms with van der Waals surface area (Å²) in [5.41, 5.74) is 0.751. The SMILES string of the molecule is CC(C)NC(=O)CNC(=O)Cc1ccccc1Cl. The molecular weight excluding hydrogens is 252 g/mol. The van der Waals surface area contributed by atoms with Crippen LogP contribution in [0.15, 0.2) is 24.3 Å². The number of hydrogen-bond acceptors (Lipinski definition) is 2. The molecule has 0 bridgehead atoms. The number of hydrogen-bond donors (Lipinski definition) is 2. The van der Waals surface area contributed by atoms with Crippen LogP contribution >= 0.6 is 11.6 Å². The second-order valence-electron chi connectivity index (χ2n) is 4.27. The molecule has 1 rings (SSSR count). The van der Waals surface area contributed by atoms with Crippen LogP contribution in [0, 0.1) is 0 Å². The third kappa shape index (κ3) is 5.19. The summed E-state index contributed by atoms with van der Waals surface area (Å²) in [5.74, 6) is -0.417. The molecule has 0 aromatic heterocycles. The predicted molar refractivity (Wildman–Crippen MR) is 71.4 cm³/mol. The smallest absolute Gasteiger partial charge is 0.239 e. The molecule has 2 amide bonds. The van der Waals surface area contributed by atoms with Gasteiger partial charge in [0.25, 0.3) is 0 Å². The Morgan fingerprint density at radius 3 is 2.50 bits per heavy atom. The van der Waals surface area contributed by atoms with Crippen LogP contribution in [0.2, 0.25) is 5.02 Å². The molecule has 2 N–H and O–H groups in total. The molecule has 0 spiro atoms. The molecule has 0 atom stereocenters. The Morgan fingerprint density at radius 2 is 1.89 bits per heavy atom. The summed E-state index contributed by atoms with van der Waals surface area (Å²) in [7, 11) is 0. The summed E-state index contributed by atoms with van der Waals surface area (Å²) in [4.78, 5) is 22.9. The average molecular weight is 269 g/mol. The molecule has 4 nitrogen and oxygen atoms in total. The first-order valence-electron chi connectivity index (χ1n) is 5.78. The first kappa shape index (κ1) is 14.5. The van der Waals surface area contributed by atoms with Crippen LogP contribution in [0.25, 0.3) is 0 Å². The van der Waals surface area contributed by atoms with Crippen molar-refractivity contribution in [1.82, 2.24) is 10.6 Å². The van der Waals surface area contributed by atoms with E-state index in [0.717, 1.165) is 5.56 Å². The lowest BCUT2D eigenvalue weighted by molar-refractivity contribution is -0.126. The van der Waals surface area contributed by atoms with Gasteiger partial charge in [-0.15, -0.1) is 0 Å². The maximum absolute atomic E-state index is 11.6. The summed E-state index contributed by atoms with van der Waals surface area (Å²) in [6.45, 7) is 3.72. The second-order valence-corrected chi connectivity index (χ2v) is 4.67. The highest BCUT2D eigenvalue weighted by atomic mass is 35.5. The Balaban J connectivity index is 2.39. The largest absolute Gasteiger partial charge is 0.352 e. The Bertz CT molecular complexity index is 433. The molecule has 0 aliphatic rings. The van der Waals surface area contributed by atoms with Gasteiger partial charge >= 0.3 is 0 Å². The van der Waals surface area contributed by atoms with Crippen LogP contribution in [-0.2, 0) is 16.0 Å². The molecule has 5 heteroatoms. The Morgan fingerprint density at radius 1 is 1.22 bits per heavy atom. The maximum atomic E-state index is 11.6. The lowest BCUT2D eigenvalue weighted by Gasteiger charge is -2.09. The Hall–Kier alpha value is -1.55. The Kier molecular flexibility index (Phi) is 5.65. The van der Waals surface area contributed by atoms with Crippen LogP contribution in [0.1, 0.15) is 19.4 Å². The zero-order valence-electron chi connectivity index (χ0n) is 10.5. The standard InChI is InChI=1S/C13H17ClN2O2/c1-9(2)16-13(18)8-15-12(17)7-10-5-3-4-6-11(10)14/h3-6,9H,7-8H2,1-2H3,(H,15,17)(H,16,18). The molecule has 1 aromatic rings. The van der Waals surface area contributed by atoms with E-state index in [0.29, 0.717) is 5.02 Å². The van der Waals surface area contributed by atoms with Gasteiger partial charge in [-0.2, -0.15) is 0 Å². The number of amides is 2. The topological polar surface area (TPSA) is 58.2 Å². The lowest BCUT2D eigenvalue weighted by Crippen LogP contribution is -2.40. The molecule has 0 fully saturated rings. The summed E-state index contributed by atoms with van der Waals surface area (Å²) >= 11 is 5.94. The van der Waals surface area contributed by atoms with Crippen molar-refractivity contribution in [2.75, 3.05) is 6.54 Å². The number of benzene rings is 1. The van der Waals surface area contributed by atoms with Gasteiger partial charge in [-0.25, -0.2) is 0 Å². The van der Waals surface area contributed by atoms with E-state index >= 15 is 0 Å². The van der Waals surface area contributed by atoms with Gasteiger partial charge in [0.05, 0.1) is 13.0 Å². The molecule has 0 aliphatic carbocycles. The molecular formula is C13H17ClN2O2. The molecule has 0 heterocycles. The van der Waals surface area contributed by atoms with Crippen LogP contribution in [0.3, 0.4) is 0 Å². The monoisotopic (exact) mass is 268 g/mol. The zero-order chi connectivity index (χ0) is 13.5. The molecule has 0 aliphatic heterocycles. The van der Waals surface area contributed by atoms with E-state index in [2.05, 4.69) is 10.6 Å². The number of carbonyl (C=O) groups is 2. The van der Waals surface area contributed by atoms with Gasteiger partial charge < -0.3 is 10.6 Å². The summed E-state index contributed by atoms with van der Waals surface area (Å²) < 4.78 is 0. The van der Waals surface area contributed by atoms with E-state index < -0.39 is 0 Å². The van der Waals surface area contributed by atoms with E-state index in [1.54, 1.807) is 18.2 Å². The molecule has 1 aromatic carbocycles. The third-order valence-electron chi connectivity index (χ3n) is 2.20. The minimum Gasteiger partial charge on any atom is -0.352 e. The number of nitrogens with one attached hydrogen (secondary N) is 2. The van der Waals surface area contributed by atoms with Crippen molar-refractivity contribution in [3.05, 3.63) is 34.9 Å². The highest BCUT2D eigenvalue weighted by molar-refractivity contribution is 6.31. The summed E-state index contributed by atoms with van der Waals surface area (Å²) in [6.07, 6.45) is 0.175. The van der Waals surface area contributed by atoms with Crippen LogP contribution in [-0.4, -0.2) is 24.4 Å². The van der Waals surface area contributed by atoms with E-state index in [1.165, 1.54) is 0 Å². The van der Waals surface area contributed by atoms with Crippen LogP contribution < -0.4 is 10.6 Å². The number of halogens is 1. The van der Waals surface area contributed by atoms with Gasteiger partial charge in [0, 0.05) is 11.1 Å². The lowest BCUT2D eigenvalue weighted by atomic mass is 10.1. The second kappa shape index (κ2) is 7.01. The van der Waals surface area contributed by atoms with Gasteiger partial charge in [0.15, 0.2) is 0 Å². The van der Waals surface area contributed by atoms with E-state index in [4.69, 9.17) is 11.6 Å². The molecule has 0 radical (unpaired) electrons. The van der Waals surface area contributed by atoms with Crippen molar-refractivity contribution in [3.8, 4) is 0 Å². The number of carbonyl (C=O) groups excluding carboxylic acids is 2. The van der Waals surface area contributed by atoms with E-state index in [1.807, 2.05) is 19.9 Å². The third-order valence-corrected chi connectivity index (χ3v) is 2.57. The van der Waals surface area contributed by atoms with Crippen molar-refractivity contribution in [2.45, 2.75) is 26.3 Å². The summed E-state index contributed by atoms with van der Waals surface area (Å²) in [5, 5.41) is 5.80. The highest BCUT2D eigenvalue weighted by Crippen LogP contribution is 2.14. The quantitative estimate of drug-likeness (QED) is 0.851. The average Bonchev–Trinajstić information content (AvgIpc) is 2.29. The predicted octanol–water partition coefficient (Wildman–Crippen LogP) is 1.52. The van der Waals surface area contributed by atoms with Crippen molar-refractivity contribution >= 4 is 23.4 Å². The first-order valence-corrected chi connectivity index (χ1v) is 6.16. The van der Waals surface area contributed by atoms with Crippen molar-refractivity contribution in [1.29, 1.82) is 0 Å². The maximum Gasteiger partial charge on any atom is 0.239 e. The minimum absolute atomic E-state index is 0.0124. The Labute approximate surface area is 112 Å². The van der Waals surface area contributed by atoms with Gasteiger partial charge in [0.2, 0.25) is 11.8 Å². The number of rotatable bonds is 5. The van der Waals surface area contributed by atoms with Crippen molar-refractivity contribution in [3.63, 3.8) is 0 Å². The van der Waals surface area contributed by atoms with Crippen LogP contribution in [0.5, 0.6) is 0 Å². The molecule has 18 heavy (non-hydrogen) atoms. The molecule has 0 unspecified atom stereocenters. The summed E-state index contributed by atoms with van der Waals surface area (Å²) in [6, 6.07) is 7.21. The van der Waals surface area contributed by atoms with Gasteiger partial charge in [0.1, 0.15) is 0 Å². The minimum atomic E-state index is -0.220. The zero-order valence-corrected chi connectivity index (χ0v) is 11.3. The van der Waals surface area contributed by atoms with Crippen molar-refractivity contribution in [2.24, 2.45) is 0 Å². The normalized spacial score (nSPS) is 10.2.